The van der Waals surface area contributed by atoms with Crippen LogP contribution in [0.5, 0.6) is 0 Å². The van der Waals surface area contributed by atoms with Crippen molar-refractivity contribution < 1.29 is 4.79 Å². The first-order valence-electron chi connectivity index (χ1n) is 6.35. The number of carbonyl (C=O) groups is 1. The molecule has 0 radical (unpaired) electrons. The number of anilines is 1. The molecule has 3 heteroatoms. The zero-order chi connectivity index (χ0) is 12.5. The molecule has 17 heavy (non-hydrogen) atoms. The first-order valence-corrected chi connectivity index (χ1v) is 6.35. The SMILES string of the molecule is CCCCc1ccc(NC(=O)CNCC)cc1. The maximum absolute atomic E-state index is 11.5. The van der Waals surface area contributed by atoms with Crippen molar-refractivity contribution in [3.05, 3.63) is 29.8 Å². The zero-order valence-electron chi connectivity index (χ0n) is 10.8. The van der Waals surface area contributed by atoms with Crippen LogP contribution >= 0.6 is 0 Å². The molecule has 0 bridgehead atoms. The number of hydrogen-bond donors (Lipinski definition) is 2. The number of hydrogen-bond acceptors (Lipinski definition) is 2. The van der Waals surface area contributed by atoms with Crippen LogP contribution in [0.15, 0.2) is 24.3 Å². The topological polar surface area (TPSA) is 41.1 Å². The molecule has 0 aliphatic heterocycles. The average Bonchev–Trinajstić information content (AvgIpc) is 2.35. The lowest BCUT2D eigenvalue weighted by atomic mass is 10.1. The van der Waals surface area contributed by atoms with Gasteiger partial charge in [0.05, 0.1) is 6.54 Å². The van der Waals surface area contributed by atoms with Gasteiger partial charge in [0, 0.05) is 5.69 Å². The van der Waals surface area contributed by atoms with Gasteiger partial charge in [-0.1, -0.05) is 32.4 Å². The monoisotopic (exact) mass is 234 g/mol. The smallest absolute Gasteiger partial charge is 0.238 e. The van der Waals surface area contributed by atoms with Crippen molar-refractivity contribution in [3.8, 4) is 0 Å². The molecule has 0 saturated carbocycles. The molecule has 94 valence electrons. The lowest BCUT2D eigenvalue weighted by molar-refractivity contribution is -0.115. The van der Waals surface area contributed by atoms with Gasteiger partial charge < -0.3 is 10.6 Å². The Morgan fingerprint density at radius 3 is 2.47 bits per heavy atom. The Hall–Kier alpha value is -1.35. The molecule has 0 spiro atoms. The second-order valence-electron chi connectivity index (χ2n) is 4.13. The van der Waals surface area contributed by atoms with Crippen molar-refractivity contribution in [2.45, 2.75) is 33.1 Å². The largest absolute Gasteiger partial charge is 0.325 e. The number of amides is 1. The van der Waals surface area contributed by atoms with Crippen LogP contribution in [-0.4, -0.2) is 19.0 Å². The van der Waals surface area contributed by atoms with Gasteiger partial charge in [0.25, 0.3) is 0 Å². The number of rotatable bonds is 7. The van der Waals surface area contributed by atoms with Crippen molar-refractivity contribution in [1.82, 2.24) is 5.32 Å². The van der Waals surface area contributed by atoms with E-state index in [9.17, 15) is 4.79 Å². The van der Waals surface area contributed by atoms with E-state index in [1.807, 2.05) is 19.1 Å². The quantitative estimate of drug-likeness (QED) is 0.761. The Morgan fingerprint density at radius 2 is 1.88 bits per heavy atom. The molecule has 0 heterocycles. The van der Waals surface area contributed by atoms with E-state index in [1.165, 1.54) is 18.4 Å². The minimum absolute atomic E-state index is 0.00755. The fourth-order valence-electron chi connectivity index (χ4n) is 1.58. The first-order chi connectivity index (χ1) is 8.26. The Balaban J connectivity index is 2.42. The van der Waals surface area contributed by atoms with Gasteiger partial charge >= 0.3 is 0 Å². The molecule has 1 aromatic carbocycles. The van der Waals surface area contributed by atoms with Crippen LogP contribution in [0.25, 0.3) is 0 Å². The van der Waals surface area contributed by atoms with Gasteiger partial charge in [-0.05, 0) is 37.1 Å². The molecule has 1 aromatic rings. The minimum Gasteiger partial charge on any atom is -0.325 e. The van der Waals surface area contributed by atoms with E-state index < -0.39 is 0 Å². The molecule has 0 unspecified atom stereocenters. The molecule has 0 atom stereocenters. The Morgan fingerprint density at radius 1 is 1.18 bits per heavy atom. The molecule has 0 aliphatic carbocycles. The van der Waals surface area contributed by atoms with Gasteiger partial charge in [-0.2, -0.15) is 0 Å². The van der Waals surface area contributed by atoms with E-state index >= 15 is 0 Å². The summed E-state index contributed by atoms with van der Waals surface area (Å²) >= 11 is 0. The second kappa shape index (κ2) is 7.85. The molecule has 1 rings (SSSR count). The third-order valence-electron chi connectivity index (χ3n) is 2.59. The summed E-state index contributed by atoms with van der Waals surface area (Å²) in [4.78, 5) is 11.5. The van der Waals surface area contributed by atoms with Gasteiger partial charge in [-0.25, -0.2) is 0 Å². The van der Waals surface area contributed by atoms with Crippen molar-refractivity contribution in [2.24, 2.45) is 0 Å². The third kappa shape index (κ3) is 5.50. The fourth-order valence-corrected chi connectivity index (χ4v) is 1.58. The predicted molar refractivity (Wildman–Crippen MR) is 72.2 cm³/mol. The van der Waals surface area contributed by atoms with E-state index in [2.05, 4.69) is 29.7 Å². The zero-order valence-corrected chi connectivity index (χ0v) is 10.8. The van der Waals surface area contributed by atoms with Crippen molar-refractivity contribution in [1.29, 1.82) is 0 Å². The maximum Gasteiger partial charge on any atom is 0.238 e. The van der Waals surface area contributed by atoms with Crippen molar-refractivity contribution in [3.63, 3.8) is 0 Å². The fraction of sp³-hybridized carbons (Fsp3) is 0.500. The summed E-state index contributed by atoms with van der Waals surface area (Å²) in [6.07, 6.45) is 3.54. The van der Waals surface area contributed by atoms with Crippen LogP contribution in [0.2, 0.25) is 0 Å². The normalized spacial score (nSPS) is 10.2. The van der Waals surface area contributed by atoms with E-state index in [0.717, 1.165) is 18.7 Å². The summed E-state index contributed by atoms with van der Waals surface area (Å²) in [5.41, 5.74) is 2.20. The molecular formula is C14H22N2O. The number of carbonyl (C=O) groups excluding carboxylic acids is 1. The van der Waals surface area contributed by atoms with Crippen molar-refractivity contribution in [2.75, 3.05) is 18.4 Å². The molecule has 0 aliphatic rings. The van der Waals surface area contributed by atoms with Crippen molar-refractivity contribution >= 4 is 11.6 Å². The van der Waals surface area contributed by atoms with E-state index in [4.69, 9.17) is 0 Å². The highest BCUT2D eigenvalue weighted by Gasteiger charge is 2.00. The highest BCUT2D eigenvalue weighted by atomic mass is 16.1. The van der Waals surface area contributed by atoms with Gasteiger partial charge in [0.1, 0.15) is 0 Å². The standard InChI is InChI=1S/C14H22N2O/c1-3-5-6-12-7-9-13(10-8-12)16-14(17)11-15-4-2/h7-10,15H,3-6,11H2,1-2H3,(H,16,17). The molecule has 1 amide bonds. The first kappa shape index (κ1) is 13.7. The van der Waals surface area contributed by atoms with Crippen LogP contribution in [-0.2, 0) is 11.2 Å². The van der Waals surface area contributed by atoms with Crippen LogP contribution in [0.3, 0.4) is 0 Å². The van der Waals surface area contributed by atoms with E-state index in [-0.39, 0.29) is 5.91 Å². The van der Waals surface area contributed by atoms with Gasteiger partial charge in [-0.3, -0.25) is 4.79 Å². The summed E-state index contributed by atoms with van der Waals surface area (Å²) in [5.74, 6) is 0.00755. The van der Waals surface area contributed by atoms with Gasteiger partial charge in [0.2, 0.25) is 5.91 Å². The van der Waals surface area contributed by atoms with Crippen LogP contribution in [0.1, 0.15) is 32.3 Å². The molecular weight excluding hydrogens is 212 g/mol. The van der Waals surface area contributed by atoms with Gasteiger partial charge in [0.15, 0.2) is 0 Å². The number of likely N-dealkylation sites (N-methyl/N-ethyl adjacent to an activating group) is 1. The lowest BCUT2D eigenvalue weighted by Gasteiger charge is -2.06. The number of benzene rings is 1. The maximum atomic E-state index is 11.5. The highest BCUT2D eigenvalue weighted by Crippen LogP contribution is 2.11. The number of nitrogens with one attached hydrogen (secondary N) is 2. The van der Waals surface area contributed by atoms with E-state index in [1.54, 1.807) is 0 Å². The Kier molecular flexibility index (Phi) is 6.33. The molecule has 3 nitrogen and oxygen atoms in total. The molecule has 0 fully saturated rings. The summed E-state index contributed by atoms with van der Waals surface area (Å²) in [5, 5.41) is 5.85. The summed E-state index contributed by atoms with van der Waals surface area (Å²) in [6.45, 7) is 5.35. The summed E-state index contributed by atoms with van der Waals surface area (Å²) in [6, 6.07) is 8.10. The van der Waals surface area contributed by atoms with Crippen LogP contribution < -0.4 is 10.6 Å². The average molecular weight is 234 g/mol. The number of unbranched alkanes of at least 4 members (excludes halogenated alkanes) is 1. The summed E-state index contributed by atoms with van der Waals surface area (Å²) < 4.78 is 0. The predicted octanol–water partition coefficient (Wildman–Crippen LogP) is 2.58. The molecule has 0 aromatic heterocycles. The van der Waals surface area contributed by atoms with E-state index in [0.29, 0.717) is 6.54 Å². The second-order valence-corrected chi connectivity index (χ2v) is 4.13. The van der Waals surface area contributed by atoms with Crippen LogP contribution in [0.4, 0.5) is 5.69 Å². The minimum atomic E-state index is 0.00755. The van der Waals surface area contributed by atoms with Crippen LogP contribution in [0, 0.1) is 0 Å². The summed E-state index contributed by atoms with van der Waals surface area (Å²) in [7, 11) is 0. The highest BCUT2D eigenvalue weighted by molar-refractivity contribution is 5.92. The molecule has 2 N–H and O–H groups in total. The number of aryl methyl sites for hydroxylation is 1. The Labute approximate surface area is 104 Å². The third-order valence-corrected chi connectivity index (χ3v) is 2.59. The van der Waals surface area contributed by atoms with Gasteiger partial charge in [-0.15, -0.1) is 0 Å². The molecule has 0 saturated heterocycles. The Bertz CT molecular complexity index is 333. The lowest BCUT2D eigenvalue weighted by Crippen LogP contribution is -2.27.